The van der Waals surface area contributed by atoms with E-state index in [-0.39, 0.29) is 18.5 Å². The maximum atomic E-state index is 12.2. The van der Waals surface area contributed by atoms with E-state index < -0.39 is 0 Å². The van der Waals surface area contributed by atoms with Crippen LogP contribution in [0.15, 0.2) is 24.8 Å². The number of ether oxygens (including phenoxy) is 1. The Hall–Kier alpha value is -2.76. The van der Waals surface area contributed by atoms with Crippen molar-refractivity contribution in [1.82, 2.24) is 39.1 Å². The lowest BCUT2D eigenvalue weighted by atomic mass is 9.77. The summed E-state index contributed by atoms with van der Waals surface area (Å²) in [6.07, 6.45) is 14.7. The average molecular weight is 627 g/mol. The predicted molar refractivity (Wildman–Crippen MR) is 176 cm³/mol. The molecule has 2 aromatic rings. The first-order valence-electron chi connectivity index (χ1n) is 17.4. The summed E-state index contributed by atoms with van der Waals surface area (Å²) in [5.74, 6) is 2.27. The lowest BCUT2D eigenvalue weighted by molar-refractivity contribution is -0.152. The second-order valence-electron chi connectivity index (χ2n) is 13.5. The minimum absolute atomic E-state index is 0.143. The molecule has 4 heterocycles. The van der Waals surface area contributed by atoms with Gasteiger partial charge in [-0.2, -0.15) is 0 Å². The number of hydrogen-bond donors (Lipinski definition) is 1. The lowest BCUT2D eigenvalue weighted by Gasteiger charge is -2.40. The topological polar surface area (TPSA) is 103 Å². The third-order valence-electron chi connectivity index (χ3n) is 9.60. The number of likely N-dealkylation sites (tertiary alicyclic amines) is 2. The van der Waals surface area contributed by atoms with Gasteiger partial charge in [-0.25, -0.2) is 9.97 Å². The molecule has 4 rings (SSSR count). The second kappa shape index (κ2) is 17.8. The highest BCUT2D eigenvalue weighted by Gasteiger charge is 2.40. The van der Waals surface area contributed by atoms with Crippen LogP contribution in [0.3, 0.4) is 0 Å². The van der Waals surface area contributed by atoms with Crippen molar-refractivity contribution in [2.75, 3.05) is 65.5 Å². The predicted octanol–water partition coefficient (Wildman–Crippen LogP) is 4.02. The van der Waals surface area contributed by atoms with Crippen LogP contribution >= 0.6 is 0 Å². The molecule has 0 bridgehead atoms. The molecule has 0 unspecified atom stereocenters. The van der Waals surface area contributed by atoms with Gasteiger partial charge in [0.1, 0.15) is 11.6 Å². The molecule has 0 aromatic carbocycles. The third-order valence-corrected chi connectivity index (χ3v) is 9.60. The van der Waals surface area contributed by atoms with Gasteiger partial charge in [-0.1, -0.05) is 13.8 Å². The van der Waals surface area contributed by atoms with Crippen molar-refractivity contribution in [3.8, 4) is 0 Å². The number of H-pyrrole nitrogens is 1. The van der Waals surface area contributed by atoms with Crippen molar-refractivity contribution in [3.63, 3.8) is 0 Å². The summed E-state index contributed by atoms with van der Waals surface area (Å²) < 4.78 is 7.53. The van der Waals surface area contributed by atoms with Crippen molar-refractivity contribution in [2.24, 2.45) is 11.3 Å². The number of carbonyl (C=O) groups excluding carboxylic acids is 2. The van der Waals surface area contributed by atoms with Crippen LogP contribution in [-0.4, -0.2) is 117 Å². The number of hydrogen-bond acceptors (Lipinski definition) is 8. The van der Waals surface area contributed by atoms with Crippen molar-refractivity contribution in [3.05, 3.63) is 36.4 Å². The fourth-order valence-electron chi connectivity index (χ4n) is 7.01. The summed E-state index contributed by atoms with van der Waals surface area (Å²) >= 11 is 0. The SMILES string of the molecule is CCN(CC)C(=O)COC(=O)CCCCN(Cc1ncc[nH]1)Cc1nccn1CCCN1CCC2(CCN(CC(C)C)CC2)C1. The van der Waals surface area contributed by atoms with Crippen LogP contribution in [-0.2, 0) is 34.0 Å². The molecule has 1 N–H and O–H groups in total. The number of imidazole rings is 2. The number of unbranched alkanes of at least 4 members (excludes halogenated alkanes) is 1. The van der Waals surface area contributed by atoms with Crippen molar-refractivity contribution < 1.29 is 14.3 Å². The standard InChI is InChI=1S/C34H58N8O3/c1-5-41(6-2)32(43)27-45-33(44)10-7-8-17-40(25-30-35-14-15-36-30)26-31-37-16-23-42(31)19-9-18-39-22-13-34(28-39)11-20-38(21-12-34)24-29(3)4/h14-16,23,29H,5-13,17-22,24-28H2,1-4H3,(H,35,36). The number of aromatic amines is 1. The van der Waals surface area contributed by atoms with E-state index in [2.05, 4.69) is 49.3 Å². The maximum Gasteiger partial charge on any atom is 0.306 e. The summed E-state index contributed by atoms with van der Waals surface area (Å²) in [7, 11) is 0. The number of aromatic nitrogens is 4. The van der Waals surface area contributed by atoms with Crippen LogP contribution in [0.5, 0.6) is 0 Å². The second-order valence-corrected chi connectivity index (χ2v) is 13.5. The van der Waals surface area contributed by atoms with Crippen LogP contribution in [0.4, 0.5) is 0 Å². The zero-order valence-electron chi connectivity index (χ0n) is 28.4. The lowest BCUT2D eigenvalue weighted by Crippen LogP contribution is -2.42. The van der Waals surface area contributed by atoms with E-state index in [1.54, 1.807) is 11.1 Å². The number of likely N-dealkylation sites (N-methyl/N-ethyl adjacent to an activating group) is 1. The number of nitrogens with one attached hydrogen (secondary N) is 1. The highest BCUT2D eigenvalue weighted by Crippen LogP contribution is 2.40. The van der Waals surface area contributed by atoms with Crippen LogP contribution in [0.1, 0.15) is 84.3 Å². The highest BCUT2D eigenvalue weighted by molar-refractivity contribution is 5.80. The third kappa shape index (κ3) is 11.2. The summed E-state index contributed by atoms with van der Waals surface area (Å²) in [5, 5.41) is 0. The molecule has 2 aromatic heterocycles. The van der Waals surface area contributed by atoms with E-state index in [0.717, 1.165) is 56.6 Å². The molecule has 0 aliphatic carbocycles. The quantitative estimate of drug-likeness (QED) is 0.184. The number of nitrogens with zero attached hydrogens (tertiary/aromatic N) is 7. The van der Waals surface area contributed by atoms with Gasteiger partial charge >= 0.3 is 5.97 Å². The molecule has 252 valence electrons. The molecule has 2 saturated heterocycles. The van der Waals surface area contributed by atoms with Gasteiger partial charge in [-0.05, 0) is 96.4 Å². The Kier molecular flexibility index (Phi) is 13.9. The van der Waals surface area contributed by atoms with E-state index in [1.165, 1.54) is 52.0 Å². The van der Waals surface area contributed by atoms with Gasteiger partial charge in [0.2, 0.25) is 0 Å². The molecule has 0 radical (unpaired) electrons. The molecule has 0 saturated carbocycles. The number of aryl methyl sites for hydroxylation is 1. The van der Waals surface area contributed by atoms with Crippen LogP contribution in [0, 0.1) is 11.3 Å². The number of amides is 1. The van der Waals surface area contributed by atoms with E-state index in [0.29, 0.717) is 37.9 Å². The first-order valence-corrected chi connectivity index (χ1v) is 17.4. The molecule has 2 aliphatic rings. The van der Waals surface area contributed by atoms with Crippen LogP contribution in [0.25, 0.3) is 0 Å². The Bertz CT molecular complexity index is 1140. The first kappa shape index (κ1) is 35.1. The highest BCUT2D eigenvalue weighted by atomic mass is 16.5. The number of rotatable bonds is 19. The van der Waals surface area contributed by atoms with E-state index in [4.69, 9.17) is 9.72 Å². The molecule has 1 spiro atoms. The Balaban J connectivity index is 1.19. The Morgan fingerprint density at radius 2 is 1.73 bits per heavy atom. The molecular formula is C34H58N8O3. The molecule has 2 fully saturated rings. The van der Waals surface area contributed by atoms with Crippen LogP contribution < -0.4 is 0 Å². The van der Waals surface area contributed by atoms with E-state index >= 15 is 0 Å². The molecule has 11 heteroatoms. The Morgan fingerprint density at radius 1 is 0.978 bits per heavy atom. The van der Waals surface area contributed by atoms with Gasteiger partial charge in [-0.15, -0.1) is 0 Å². The van der Waals surface area contributed by atoms with Crippen molar-refractivity contribution >= 4 is 11.9 Å². The van der Waals surface area contributed by atoms with Gasteiger partial charge in [-0.3, -0.25) is 14.5 Å². The summed E-state index contributed by atoms with van der Waals surface area (Å²) in [6, 6.07) is 0. The first-order chi connectivity index (χ1) is 21.8. The smallest absolute Gasteiger partial charge is 0.306 e. The van der Waals surface area contributed by atoms with E-state index in [9.17, 15) is 9.59 Å². The fraction of sp³-hybridized carbons (Fsp3) is 0.765. The summed E-state index contributed by atoms with van der Waals surface area (Å²) in [4.78, 5) is 46.1. The Morgan fingerprint density at radius 3 is 2.42 bits per heavy atom. The average Bonchev–Trinajstić information content (AvgIpc) is 3.79. The van der Waals surface area contributed by atoms with Crippen molar-refractivity contribution in [1.29, 1.82) is 0 Å². The van der Waals surface area contributed by atoms with Gasteiger partial charge in [0.05, 0.1) is 13.1 Å². The number of piperidine rings is 1. The number of carbonyl (C=O) groups is 2. The molecule has 1 amide bonds. The Labute approximate surface area is 270 Å². The monoisotopic (exact) mass is 626 g/mol. The molecule has 0 atom stereocenters. The molecular weight excluding hydrogens is 568 g/mol. The zero-order chi connectivity index (χ0) is 32.1. The minimum atomic E-state index is -0.316. The maximum absolute atomic E-state index is 12.2. The molecule has 11 nitrogen and oxygen atoms in total. The fourth-order valence-corrected chi connectivity index (χ4v) is 7.01. The van der Waals surface area contributed by atoms with Gasteiger partial charge in [0.25, 0.3) is 5.91 Å². The van der Waals surface area contributed by atoms with Crippen LogP contribution in [0.2, 0.25) is 0 Å². The van der Waals surface area contributed by atoms with Crippen molar-refractivity contribution in [2.45, 2.75) is 92.3 Å². The number of esters is 1. The van der Waals surface area contributed by atoms with Gasteiger partial charge < -0.3 is 29.0 Å². The molecule has 45 heavy (non-hydrogen) atoms. The minimum Gasteiger partial charge on any atom is -0.456 e. The zero-order valence-corrected chi connectivity index (χ0v) is 28.4. The van der Waals surface area contributed by atoms with E-state index in [1.807, 2.05) is 26.2 Å². The van der Waals surface area contributed by atoms with Gasteiger partial charge in [0.15, 0.2) is 6.61 Å². The largest absolute Gasteiger partial charge is 0.456 e. The van der Waals surface area contributed by atoms with Gasteiger partial charge in [0, 0.05) is 63.9 Å². The normalized spacial score (nSPS) is 17.1. The summed E-state index contributed by atoms with van der Waals surface area (Å²) in [6.45, 7) is 20.1. The summed E-state index contributed by atoms with van der Waals surface area (Å²) in [5.41, 5.74) is 0.541. The molecule has 2 aliphatic heterocycles.